The molecule has 3 amide bonds. The Labute approximate surface area is 233 Å². The minimum absolute atomic E-state index is 0.0423. The number of ether oxygens (including phenoxy) is 1. The quantitative estimate of drug-likeness (QED) is 0.226. The zero-order chi connectivity index (χ0) is 28.4. The maximum Gasteiger partial charge on any atom is 0.323 e. The lowest BCUT2D eigenvalue weighted by atomic mass is 10.1. The molecule has 10 nitrogen and oxygen atoms in total. The SMILES string of the molecule is CNC(=O)c1cc(Oc2ccc(NC(=O)Nc3cn(C(C)(C)C)nc3-c3ccc4scnc4c3)c(F)c2)ccn1. The van der Waals surface area contributed by atoms with Gasteiger partial charge >= 0.3 is 6.03 Å². The van der Waals surface area contributed by atoms with E-state index in [0.29, 0.717) is 17.1 Å². The first-order chi connectivity index (χ1) is 19.1. The number of thiazole rings is 1. The van der Waals surface area contributed by atoms with Gasteiger partial charge in [0.25, 0.3) is 5.91 Å². The van der Waals surface area contributed by atoms with Crippen molar-refractivity contribution >= 4 is 44.9 Å². The fourth-order valence-corrected chi connectivity index (χ4v) is 4.49. The molecule has 12 heteroatoms. The van der Waals surface area contributed by atoms with Gasteiger partial charge in [0, 0.05) is 37.1 Å². The third kappa shape index (κ3) is 5.76. The molecule has 0 bridgehead atoms. The highest BCUT2D eigenvalue weighted by Gasteiger charge is 2.21. The van der Waals surface area contributed by atoms with Crippen LogP contribution in [0, 0.1) is 5.82 Å². The molecule has 0 spiro atoms. The first kappa shape index (κ1) is 26.8. The molecule has 0 aliphatic heterocycles. The summed E-state index contributed by atoms with van der Waals surface area (Å²) in [7, 11) is 1.49. The van der Waals surface area contributed by atoms with Crippen LogP contribution in [0.2, 0.25) is 0 Å². The molecule has 0 aliphatic rings. The van der Waals surface area contributed by atoms with Crippen molar-refractivity contribution in [1.82, 2.24) is 25.1 Å². The van der Waals surface area contributed by atoms with Crippen LogP contribution in [-0.2, 0) is 5.54 Å². The minimum atomic E-state index is -0.701. The number of halogens is 1. The van der Waals surface area contributed by atoms with Crippen LogP contribution in [-0.4, -0.2) is 38.7 Å². The van der Waals surface area contributed by atoms with Gasteiger partial charge in [0.2, 0.25) is 0 Å². The molecular weight excluding hydrogens is 533 g/mol. The Kier molecular flexibility index (Phi) is 7.18. The highest BCUT2D eigenvalue weighted by Crippen LogP contribution is 2.32. The van der Waals surface area contributed by atoms with Gasteiger partial charge < -0.3 is 20.7 Å². The highest BCUT2D eigenvalue weighted by molar-refractivity contribution is 7.16. The number of carbonyl (C=O) groups excluding carboxylic acids is 2. The van der Waals surface area contributed by atoms with E-state index >= 15 is 0 Å². The van der Waals surface area contributed by atoms with Crippen molar-refractivity contribution in [1.29, 1.82) is 0 Å². The molecule has 0 saturated heterocycles. The van der Waals surface area contributed by atoms with Crippen LogP contribution in [0.15, 0.2) is 66.4 Å². The molecule has 5 aromatic rings. The fourth-order valence-electron chi connectivity index (χ4n) is 3.83. The lowest BCUT2D eigenvalue weighted by molar-refractivity contribution is 0.0957. The molecule has 3 heterocycles. The summed E-state index contributed by atoms with van der Waals surface area (Å²) >= 11 is 1.54. The average Bonchev–Trinajstić information content (AvgIpc) is 3.56. The predicted octanol–water partition coefficient (Wildman–Crippen LogP) is 6.24. The lowest BCUT2D eigenvalue weighted by Gasteiger charge is -2.18. The second-order valence-corrected chi connectivity index (χ2v) is 10.7. The second-order valence-electron chi connectivity index (χ2n) is 9.82. The molecule has 0 saturated carbocycles. The Bertz CT molecular complexity index is 1720. The normalized spacial score (nSPS) is 11.3. The number of nitrogens with zero attached hydrogens (tertiary/aromatic N) is 4. The summed E-state index contributed by atoms with van der Waals surface area (Å²) in [6.07, 6.45) is 3.16. The number of urea groups is 1. The summed E-state index contributed by atoms with van der Waals surface area (Å²) in [5.74, 6) is -0.579. The molecule has 3 N–H and O–H groups in total. The fraction of sp³-hybridized carbons (Fsp3) is 0.179. The van der Waals surface area contributed by atoms with E-state index in [4.69, 9.17) is 9.84 Å². The number of fused-ring (bicyclic) bond motifs is 1. The van der Waals surface area contributed by atoms with Crippen molar-refractivity contribution in [3.63, 3.8) is 0 Å². The summed E-state index contributed by atoms with van der Waals surface area (Å²) in [6.45, 7) is 6.00. The van der Waals surface area contributed by atoms with Gasteiger partial charge in [0.05, 0.1) is 32.6 Å². The number of aromatic nitrogens is 4. The molecule has 2 aromatic carbocycles. The summed E-state index contributed by atoms with van der Waals surface area (Å²) in [5.41, 5.74) is 4.22. The van der Waals surface area contributed by atoms with Crippen LogP contribution >= 0.6 is 11.3 Å². The number of carbonyl (C=O) groups is 2. The van der Waals surface area contributed by atoms with Crippen molar-refractivity contribution in [2.75, 3.05) is 17.7 Å². The van der Waals surface area contributed by atoms with Gasteiger partial charge in [-0.05, 0) is 51.1 Å². The van der Waals surface area contributed by atoms with Crippen LogP contribution in [0.25, 0.3) is 21.5 Å². The van der Waals surface area contributed by atoms with Crippen molar-refractivity contribution in [2.45, 2.75) is 26.3 Å². The molecule has 0 aliphatic carbocycles. The number of amides is 3. The zero-order valence-corrected chi connectivity index (χ0v) is 23.0. The van der Waals surface area contributed by atoms with E-state index in [1.165, 1.54) is 31.4 Å². The van der Waals surface area contributed by atoms with Crippen molar-refractivity contribution < 1.29 is 18.7 Å². The van der Waals surface area contributed by atoms with E-state index in [1.54, 1.807) is 33.8 Å². The number of nitrogens with one attached hydrogen (secondary N) is 3. The van der Waals surface area contributed by atoms with Gasteiger partial charge in [-0.15, -0.1) is 11.3 Å². The largest absolute Gasteiger partial charge is 0.457 e. The summed E-state index contributed by atoms with van der Waals surface area (Å²) < 4.78 is 23.4. The van der Waals surface area contributed by atoms with E-state index in [-0.39, 0.29) is 28.6 Å². The Hall–Kier alpha value is -4.84. The van der Waals surface area contributed by atoms with Gasteiger partial charge in [0.15, 0.2) is 0 Å². The van der Waals surface area contributed by atoms with Crippen LogP contribution < -0.4 is 20.7 Å². The van der Waals surface area contributed by atoms with Gasteiger partial charge in [-0.2, -0.15) is 5.10 Å². The molecule has 0 atom stereocenters. The van der Waals surface area contributed by atoms with Crippen molar-refractivity contribution in [2.24, 2.45) is 0 Å². The van der Waals surface area contributed by atoms with E-state index in [2.05, 4.69) is 25.9 Å². The summed E-state index contributed by atoms with van der Waals surface area (Å²) in [4.78, 5) is 33.1. The highest BCUT2D eigenvalue weighted by atomic mass is 32.1. The summed E-state index contributed by atoms with van der Waals surface area (Å²) in [5, 5.41) is 12.5. The maximum atomic E-state index is 14.9. The molecule has 204 valence electrons. The maximum absolute atomic E-state index is 14.9. The van der Waals surface area contributed by atoms with Gasteiger partial charge in [-0.3, -0.25) is 14.5 Å². The average molecular weight is 560 g/mol. The van der Waals surface area contributed by atoms with E-state index in [9.17, 15) is 14.0 Å². The number of pyridine rings is 1. The van der Waals surface area contributed by atoms with Gasteiger partial charge in [-0.1, -0.05) is 6.07 Å². The van der Waals surface area contributed by atoms with Crippen LogP contribution in [0.1, 0.15) is 31.3 Å². The molecule has 0 radical (unpaired) electrons. The minimum Gasteiger partial charge on any atom is -0.457 e. The summed E-state index contributed by atoms with van der Waals surface area (Å²) in [6, 6.07) is 12.2. The monoisotopic (exact) mass is 559 g/mol. The third-order valence-electron chi connectivity index (χ3n) is 5.87. The number of hydrogen-bond acceptors (Lipinski definition) is 7. The molecule has 3 aromatic heterocycles. The molecule has 5 rings (SSSR count). The van der Waals surface area contributed by atoms with E-state index in [0.717, 1.165) is 21.8 Å². The molecule has 0 unspecified atom stereocenters. The third-order valence-corrected chi connectivity index (χ3v) is 6.68. The van der Waals surface area contributed by atoms with Crippen LogP contribution in [0.4, 0.5) is 20.6 Å². The van der Waals surface area contributed by atoms with E-state index < -0.39 is 11.8 Å². The van der Waals surface area contributed by atoms with Crippen LogP contribution in [0.5, 0.6) is 11.5 Å². The zero-order valence-electron chi connectivity index (χ0n) is 22.2. The Balaban J connectivity index is 1.34. The molecule has 40 heavy (non-hydrogen) atoms. The van der Waals surface area contributed by atoms with Gasteiger partial charge in [0.1, 0.15) is 28.7 Å². The smallest absolute Gasteiger partial charge is 0.323 e. The predicted molar refractivity (Wildman–Crippen MR) is 153 cm³/mol. The first-order valence-corrected chi connectivity index (χ1v) is 13.2. The number of anilines is 2. The Morgan fingerprint density at radius 1 is 0.975 bits per heavy atom. The van der Waals surface area contributed by atoms with E-state index in [1.807, 2.05) is 39.0 Å². The molecule has 0 fully saturated rings. The standard InChI is InChI=1S/C28H26FN7O3S/c1-28(2,3)36-14-23(25(35-36)16-5-8-24-21(11-16)32-15-40-24)34-27(38)33-20-7-6-17(12-19(20)29)39-18-9-10-31-22(13-18)26(37)30-4/h5-15H,1-4H3,(H,30,37)(H2,33,34,38). The first-order valence-electron chi connectivity index (χ1n) is 12.3. The second kappa shape index (κ2) is 10.7. The Morgan fingerprint density at radius 2 is 1.75 bits per heavy atom. The Morgan fingerprint density at radius 3 is 2.50 bits per heavy atom. The number of rotatable bonds is 6. The molecular formula is C28H26FN7O3S. The number of hydrogen-bond donors (Lipinski definition) is 3. The lowest BCUT2D eigenvalue weighted by Crippen LogP contribution is -2.22. The number of benzene rings is 2. The van der Waals surface area contributed by atoms with Crippen molar-refractivity contribution in [3.05, 3.63) is 77.9 Å². The van der Waals surface area contributed by atoms with Gasteiger partial charge in [-0.25, -0.2) is 14.2 Å². The van der Waals surface area contributed by atoms with Crippen LogP contribution in [0.3, 0.4) is 0 Å². The topological polar surface area (TPSA) is 123 Å². The van der Waals surface area contributed by atoms with Crippen molar-refractivity contribution in [3.8, 4) is 22.8 Å².